The Kier molecular flexibility index (Phi) is 5.05. The molecule has 1 amide bonds. The second kappa shape index (κ2) is 6.17. The molecular formula is C14H20F2N2O2. The van der Waals surface area contributed by atoms with Gasteiger partial charge in [0.1, 0.15) is 17.2 Å². The van der Waals surface area contributed by atoms with Crippen molar-refractivity contribution in [2.24, 2.45) is 5.73 Å². The zero-order valence-electron chi connectivity index (χ0n) is 12.1. The number of ether oxygens (including phenoxy) is 1. The van der Waals surface area contributed by atoms with Gasteiger partial charge in [-0.15, -0.1) is 0 Å². The lowest BCUT2D eigenvalue weighted by Crippen LogP contribution is -2.38. The Bertz CT molecular complexity index is 475. The smallest absolute Gasteiger partial charge is 0.408 e. The van der Waals surface area contributed by atoms with E-state index in [0.717, 1.165) is 0 Å². The minimum absolute atomic E-state index is 0.143. The lowest BCUT2D eigenvalue weighted by Gasteiger charge is -2.23. The van der Waals surface area contributed by atoms with E-state index in [0.29, 0.717) is 5.56 Å². The van der Waals surface area contributed by atoms with E-state index >= 15 is 0 Å². The summed E-state index contributed by atoms with van der Waals surface area (Å²) in [5.41, 5.74) is 4.98. The number of hydrogen-bond donors (Lipinski definition) is 2. The Balaban J connectivity index is 2.95. The van der Waals surface area contributed by atoms with Crippen LogP contribution in [0.15, 0.2) is 12.1 Å². The molecule has 0 aliphatic carbocycles. The fourth-order valence-corrected chi connectivity index (χ4v) is 1.74. The van der Waals surface area contributed by atoms with Crippen molar-refractivity contribution >= 4 is 6.09 Å². The molecule has 0 aliphatic rings. The van der Waals surface area contributed by atoms with Gasteiger partial charge in [0.2, 0.25) is 0 Å². The monoisotopic (exact) mass is 286 g/mol. The molecule has 6 heteroatoms. The van der Waals surface area contributed by atoms with Crippen molar-refractivity contribution in [2.75, 3.05) is 6.54 Å². The summed E-state index contributed by atoms with van der Waals surface area (Å²) in [6.45, 7) is 6.51. The number of alkyl carbamates (subject to hydrolysis) is 1. The van der Waals surface area contributed by atoms with Crippen LogP contribution in [-0.2, 0) is 4.74 Å². The topological polar surface area (TPSA) is 64.3 Å². The van der Waals surface area contributed by atoms with Crippen LogP contribution in [0.4, 0.5) is 13.6 Å². The molecule has 1 atom stereocenters. The summed E-state index contributed by atoms with van der Waals surface area (Å²) in [5, 5.41) is 2.37. The average molecular weight is 286 g/mol. The van der Waals surface area contributed by atoms with E-state index < -0.39 is 29.4 Å². The van der Waals surface area contributed by atoms with Gasteiger partial charge in [-0.1, -0.05) is 0 Å². The number of rotatable bonds is 3. The van der Waals surface area contributed by atoms with Crippen LogP contribution in [0.25, 0.3) is 0 Å². The average Bonchev–Trinajstić information content (AvgIpc) is 2.23. The van der Waals surface area contributed by atoms with Crippen molar-refractivity contribution in [3.05, 3.63) is 34.9 Å². The third kappa shape index (κ3) is 4.45. The Labute approximate surface area is 117 Å². The molecule has 0 bridgehead atoms. The van der Waals surface area contributed by atoms with Gasteiger partial charge >= 0.3 is 6.09 Å². The first kappa shape index (κ1) is 16.4. The normalized spacial score (nSPS) is 12.9. The lowest BCUT2D eigenvalue weighted by molar-refractivity contribution is 0.0504. The Hall–Kier alpha value is -1.69. The van der Waals surface area contributed by atoms with Gasteiger partial charge in [-0.05, 0) is 45.4 Å². The van der Waals surface area contributed by atoms with Gasteiger partial charge in [-0.3, -0.25) is 0 Å². The number of amides is 1. The molecule has 20 heavy (non-hydrogen) atoms. The third-order valence-corrected chi connectivity index (χ3v) is 2.50. The molecule has 0 saturated carbocycles. The predicted molar refractivity (Wildman–Crippen MR) is 72.3 cm³/mol. The van der Waals surface area contributed by atoms with Gasteiger partial charge in [-0.2, -0.15) is 0 Å². The Morgan fingerprint density at radius 1 is 1.35 bits per heavy atom. The Morgan fingerprint density at radius 2 is 1.85 bits per heavy atom. The Morgan fingerprint density at radius 3 is 2.25 bits per heavy atom. The van der Waals surface area contributed by atoms with E-state index in [1.807, 2.05) is 0 Å². The first-order valence-corrected chi connectivity index (χ1v) is 6.29. The number of halogens is 2. The van der Waals surface area contributed by atoms with Crippen LogP contribution in [-0.4, -0.2) is 18.2 Å². The second-order valence-corrected chi connectivity index (χ2v) is 5.58. The molecule has 0 aromatic heterocycles. The largest absolute Gasteiger partial charge is 0.444 e. The minimum atomic E-state index is -0.981. The van der Waals surface area contributed by atoms with Crippen LogP contribution < -0.4 is 11.1 Å². The lowest BCUT2D eigenvalue weighted by atomic mass is 10.0. The molecular weight excluding hydrogens is 266 g/mol. The summed E-state index contributed by atoms with van der Waals surface area (Å²) in [7, 11) is 0. The molecule has 1 rings (SSSR count). The molecule has 0 radical (unpaired) electrons. The molecule has 112 valence electrons. The van der Waals surface area contributed by atoms with Gasteiger partial charge < -0.3 is 15.8 Å². The summed E-state index contributed by atoms with van der Waals surface area (Å²) in [4.78, 5) is 11.7. The molecule has 0 heterocycles. The van der Waals surface area contributed by atoms with Gasteiger partial charge in [0.05, 0.1) is 6.04 Å². The first-order chi connectivity index (χ1) is 9.14. The van der Waals surface area contributed by atoms with Crippen LogP contribution in [0.2, 0.25) is 0 Å². The highest BCUT2D eigenvalue weighted by atomic mass is 19.1. The molecule has 1 aromatic carbocycles. The summed E-state index contributed by atoms with van der Waals surface area (Å²) < 4.78 is 32.7. The maximum Gasteiger partial charge on any atom is 0.408 e. The molecule has 1 unspecified atom stereocenters. The fourth-order valence-electron chi connectivity index (χ4n) is 1.74. The standard InChI is InChI=1S/C14H20F2N2O2/c1-8-5-9(15)12(10(16)6-8)11(7-17)18-13(19)20-14(2,3)4/h5-6,11H,7,17H2,1-4H3,(H,18,19). The van der Waals surface area contributed by atoms with Crippen LogP contribution >= 0.6 is 0 Å². The number of nitrogens with two attached hydrogens (primary N) is 1. The maximum atomic E-state index is 13.8. The van der Waals surface area contributed by atoms with Crippen LogP contribution in [0.5, 0.6) is 0 Å². The predicted octanol–water partition coefficient (Wildman–Crippen LogP) is 2.80. The van der Waals surface area contributed by atoms with E-state index in [2.05, 4.69) is 5.32 Å². The van der Waals surface area contributed by atoms with Crippen LogP contribution in [0, 0.1) is 18.6 Å². The summed E-state index contributed by atoms with van der Waals surface area (Å²) >= 11 is 0. The van der Waals surface area contributed by atoms with E-state index in [4.69, 9.17) is 10.5 Å². The minimum Gasteiger partial charge on any atom is -0.444 e. The summed E-state index contributed by atoms with van der Waals surface area (Å²) in [6, 6.07) is 1.40. The molecule has 4 nitrogen and oxygen atoms in total. The summed E-state index contributed by atoms with van der Waals surface area (Å²) in [6.07, 6.45) is -0.771. The molecule has 3 N–H and O–H groups in total. The number of benzene rings is 1. The highest BCUT2D eigenvalue weighted by molar-refractivity contribution is 5.68. The zero-order valence-corrected chi connectivity index (χ0v) is 12.1. The number of nitrogens with one attached hydrogen (secondary N) is 1. The van der Waals surface area contributed by atoms with Crippen molar-refractivity contribution in [2.45, 2.75) is 39.3 Å². The van der Waals surface area contributed by atoms with Crippen LogP contribution in [0.3, 0.4) is 0 Å². The van der Waals surface area contributed by atoms with Crippen molar-refractivity contribution in [1.29, 1.82) is 0 Å². The SMILES string of the molecule is Cc1cc(F)c(C(CN)NC(=O)OC(C)(C)C)c(F)c1. The van der Waals surface area contributed by atoms with Gasteiger partial charge in [0.15, 0.2) is 0 Å². The second-order valence-electron chi connectivity index (χ2n) is 5.58. The van der Waals surface area contributed by atoms with Crippen molar-refractivity contribution in [3.8, 4) is 0 Å². The highest BCUT2D eigenvalue weighted by Gasteiger charge is 2.24. The number of aryl methyl sites for hydroxylation is 1. The van der Waals surface area contributed by atoms with Gasteiger partial charge in [0.25, 0.3) is 0 Å². The zero-order chi connectivity index (χ0) is 15.5. The molecule has 0 saturated heterocycles. The van der Waals surface area contributed by atoms with Crippen LogP contribution in [0.1, 0.15) is 37.9 Å². The summed E-state index contributed by atoms with van der Waals surface area (Å²) in [5.74, 6) is -1.48. The number of carbonyl (C=O) groups is 1. The highest BCUT2D eigenvalue weighted by Crippen LogP contribution is 2.22. The molecule has 0 aliphatic heterocycles. The van der Waals surface area contributed by atoms with Gasteiger partial charge in [-0.25, -0.2) is 13.6 Å². The van der Waals surface area contributed by atoms with E-state index in [1.165, 1.54) is 12.1 Å². The van der Waals surface area contributed by atoms with E-state index in [1.54, 1.807) is 27.7 Å². The quantitative estimate of drug-likeness (QED) is 0.898. The van der Waals surface area contributed by atoms with E-state index in [9.17, 15) is 13.6 Å². The maximum absolute atomic E-state index is 13.8. The third-order valence-electron chi connectivity index (χ3n) is 2.50. The van der Waals surface area contributed by atoms with Crippen molar-refractivity contribution in [1.82, 2.24) is 5.32 Å². The first-order valence-electron chi connectivity index (χ1n) is 6.29. The molecule has 0 fully saturated rings. The number of hydrogen-bond acceptors (Lipinski definition) is 3. The van der Waals surface area contributed by atoms with E-state index in [-0.39, 0.29) is 12.1 Å². The van der Waals surface area contributed by atoms with Gasteiger partial charge in [0, 0.05) is 12.1 Å². The van der Waals surface area contributed by atoms with Crippen molar-refractivity contribution < 1.29 is 18.3 Å². The van der Waals surface area contributed by atoms with Crippen molar-refractivity contribution in [3.63, 3.8) is 0 Å². The number of carbonyl (C=O) groups excluding carboxylic acids is 1. The molecule has 1 aromatic rings. The fraction of sp³-hybridized carbons (Fsp3) is 0.500. The molecule has 0 spiro atoms.